The molecule has 0 aliphatic rings. The second-order valence-corrected chi connectivity index (χ2v) is 9.40. The van der Waals surface area contributed by atoms with Gasteiger partial charge in [0.2, 0.25) is 5.91 Å². The van der Waals surface area contributed by atoms with E-state index in [0.717, 1.165) is 30.6 Å². The van der Waals surface area contributed by atoms with E-state index in [1.165, 1.54) is 17.8 Å². The molecule has 9 heteroatoms. The van der Waals surface area contributed by atoms with Crippen LogP contribution in [0.1, 0.15) is 49.7 Å². The summed E-state index contributed by atoms with van der Waals surface area (Å²) in [5.74, 6) is 0.597. The fourth-order valence-electron chi connectivity index (χ4n) is 4.18. The lowest BCUT2D eigenvalue weighted by Gasteiger charge is -2.09. The minimum absolute atomic E-state index is 0.0912. The van der Waals surface area contributed by atoms with Gasteiger partial charge in [-0.15, -0.1) is 11.3 Å². The number of rotatable bonds is 10. The maximum Gasteiger partial charge on any atom is 0.268 e. The highest BCUT2D eigenvalue weighted by Crippen LogP contribution is 2.27. The molecule has 0 atom stereocenters. The van der Waals surface area contributed by atoms with Gasteiger partial charge in [-0.2, -0.15) is 5.10 Å². The van der Waals surface area contributed by atoms with Gasteiger partial charge >= 0.3 is 0 Å². The van der Waals surface area contributed by atoms with Crippen LogP contribution in [0.15, 0.2) is 40.5 Å². The average Bonchev–Trinajstić information content (AvgIpc) is 3.42. The van der Waals surface area contributed by atoms with E-state index in [9.17, 15) is 9.59 Å². The first kappa shape index (κ1) is 24.7. The van der Waals surface area contributed by atoms with Crippen molar-refractivity contribution in [1.82, 2.24) is 24.5 Å². The van der Waals surface area contributed by atoms with Crippen molar-refractivity contribution in [2.24, 2.45) is 0 Å². The third kappa shape index (κ3) is 5.14. The summed E-state index contributed by atoms with van der Waals surface area (Å²) in [5, 5.41) is 9.53. The number of benzene rings is 1. The van der Waals surface area contributed by atoms with Crippen LogP contribution in [-0.4, -0.2) is 38.7 Å². The van der Waals surface area contributed by atoms with Crippen LogP contribution in [0, 0.1) is 13.8 Å². The Morgan fingerprint density at radius 2 is 1.97 bits per heavy atom. The summed E-state index contributed by atoms with van der Waals surface area (Å²) in [6.07, 6.45) is 4.52. The first-order valence-corrected chi connectivity index (χ1v) is 12.8. The molecule has 0 saturated heterocycles. The molecule has 0 aliphatic carbocycles. The number of nitrogens with zero attached hydrogens (tertiary/aromatic N) is 4. The standard InChI is InChI=1S/C26H31N5O3S/c1-5-6-7-10-13-27-23(32)15-19-16-35-26-28-18(3)24(25(33)30(19)26)20-14-17(2)31(29-20)21-11-8-9-12-22(21)34-4/h8-9,11-12,14,16H,5-7,10,13,15H2,1-4H3,(H,27,32). The van der Waals surface area contributed by atoms with E-state index in [0.29, 0.717) is 39.9 Å². The molecule has 0 radical (unpaired) electrons. The number of methoxy groups -OCH3 is 1. The zero-order valence-corrected chi connectivity index (χ0v) is 21.4. The summed E-state index contributed by atoms with van der Waals surface area (Å²) in [5.41, 5.74) is 3.64. The quantitative estimate of drug-likeness (QED) is 0.329. The van der Waals surface area contributed by atoms with Gasteiger partial charge in [0.15, 0.2) is 4.96 Å². The molecule has 184 valence electrons. The minimum Gasteiger partial charge on any atom is -0.494 e. The van der Waals surface area contributed by atoms with Gasteiger partial charge in [0.1, 0.15) is 17.1 Å². The van der Waals surface area contributed by atoms with E-state index in [2.05, 4.69) is 17.2 Å². The molecule has 0 spiro atoms. The minimum atomic E-state index is -0.218. The number of hydrogen-bond donors (Lipinski definition) is 1. The summed E-state index contributed by atoms with van der Waals surface area (Å²) in [6.45, 7) is 6.56. The predicted octanol–water partition coefficient (Wildman–Crippen LogP) is 4.47. The number of thiazole rings is 1. The first-order valence-electron chi connectivity index (χ1n) is 11.9. The van der Waals surface area contributed by atoms with Crippen LogP contribution in [0.25, 0.3) is 21.9 Å². The Morgan fingerprint density at radius 1 is 1.17 bits per heavy atom. The van der Waals surface area contributed by atoms with Crippen molar-refractivity contribution in [2.45, 2.75) is 52.9 Å². The second-order valence-electron chi connectivity index (χ2n) is 8.56. The highest BCUT2D eigenvalue weighted by molar-refractivity contribution is 7.15. The lowest BCUT2D eigenvalue weighted by molar-refractivity contribution is -0.120. The largest absolute Gasteiger partial charge is 0.494 e. The lowest BCUT2D eigenvalue weighted by atomic mass is 10.1. The Balaban J connectivity index is 1.66. The molecule has 4 rings (SSSR count). The van der Waals surface area contributed by atoms with Crippen molar-refractivity contribution >= 4 is 22.2 Å². The van der Waals surface area contributed by atoms with Crippen LogP contribution in [-0.2, 0) is 11.2 Å². The number of hydrogen-bond acceptors (Lipinski definition) is 6. The van der Waals surface area contributed by atoms with Gasteiger partial charge in [-0.1, -0.05) is 38.3 Å². The van der Waals surface area contributed by atoms with Crippen LogP contribution in [0.5, 0.6) is 5.75 Å². The predicted molar refractivity (Wildman–Crippen MR) is 139 cm³/mol. The maximum atomic E-state index is 13.6. The van der Waals surface area contributed by atoms with Gasteiger partial charge in [0.05, 0.1) is 24.8 Å². The van der Waals surface area contributed by atoms with Crippen molar-refractivity contribution in [3.8, 4) is 22.7 Å². The number of fused-ring (bicyclic) bond motifs is 1. The Labute approximate surface area is 208 Å². The molecule has 1 aromatic carbocycles. The van der Waals surface area contributed by atoms with E-state index >= 15 is 0 Å². The third-order valence-corrected chi connectivity index (χ3v) is 6.85. The molecular formula is C26H31N5O3S. The number of aromatic nitrogens is 4. The van der Waals surface area contributed by atoms with Crippen LogP contribution in [0.4, 0.5) is 0 Å². The van der Waals surface area contributed by atoms with E-state index in [1.807, 2.05) is 49.6 Å². The number of aryl methyl sites for hydroxylation is 2. The Hall–Kier alpha value is -3.46. The molecule has 3 aromatic heterocycles. The van der Waals surface area contributed by atoms with Crippen LogP contribution >= 0.6 is 11.3 Å². The summed E-state index contributed by atoms with van der Waals surface area (Å²) in [7, 11) is 1.62. The van der Waals surface area contributed by atoms with Gasteiger partial charge in [0.25, 0.3) is 5.56 Å². The van der Waals surface area contributed by atoms with Crippen molar-refractivity contribution < 1.29 is 9.53 Å². The van der Waals surface area contributed by atoms with Gasteiger partial charge in [0, 0.05) is 23.3 Å². The molecule has 35 heavy (non-hydrogen) atoms. The van der Waals surface area contributed by atoms with E-state index in [1.54, 1.807) is 16.2 Å². The molecule has 3 heterocycles. The summed E-state index contributed by atoms with van der Waals surface area (Å²) in [6, 6.07) is 9.48. The first-order chi connectivity index (χ1) is 16.9. The fourth-order valence-corrected chi connectivity index (χ4v) is 5.10. The normalized spacial score (nSPS) is 11.2. The van der Waals surface area contributed by atoms with Gasteiger partial charge in [-0.25, -0.2) is 9.67 Å². The second kappa shape index (κ2) is 10.9. The Bertz CT molecular complexity index is 1400. The lowest BCUT2D eigenvalue weighted by Crippen LogP contribution is -2.28. The van der Waals surface area contributed by atoms with Crippen molar-refractivity contribution in [3.63, 3.8) is 0 Å². The summed E-state index contributed by atoms with van der Waals surface area (Å²) >= 11 is 1.36. The number of para-hydroxylation sites is 2. The third-order valence-electron chi connectivity index (χ3n) is 5.97. The van der Waals surface area contributed by atoms with Crippen molar-refractivity contribution in [3.05, 3.63) is 63.1 Å². The molecule has 0 aliphatic heterocycles. The van der Waals surface area contributed by atoms with Crippen LogP contribution in [0.3, 0.4) is 0 Å². The molecule has 4 aromatic rings. The highest BCUT2D eigenvalue weighted by Gasteiger charge is 2.20. The van der Waals surface area contributed by atoms with Crippen LogP contribution < -0.4 is 15.6 Å². The Morgan fingerprint density at radius 3 is 2.74 bits per heavy atom. The van der Waals surface area contributed by atoms with E-state index < -0.39 is 0 Å². The van der Waals surface area contributed by atoms with E-state index in [4.69, 9.17) is 9.84 Å². The van der Waals surface area contributed by atoms with Gasteiger partial charge in [-0.3, -0.25) is 14.0 Å². The average molecular weight is 494 g/mol. The molecule has 0 fully saturated rings. The van der Waals surface area contributed by atoms with Crippen molar-refractivity contribution in [2.75, 3.05) is 13.7 Å². The van der Waals surface area contributed by atoms with Crippen LogP contribution in [0.2, 0.25) is 0 Å². The highest BCUT2D eigenvalue weighted by atomic mass is 32.1. The smallest absolute Gasteiger partial charge is 0.268 e. The SMILES string of the molecule is CCCCCCNC(=O)Cc1csc2nc(C)c(-c3cc(C)n(-c4ccccc4OC)n3)c(=O)n12. The molecule has 0 saturated carbocycles. The molecule has 1 amide bonds. The number of ether oxygens (including phenoxy) is 1. The van der Waals surface area contributed by atoms with Crippen molar-refractivity contribution in [1.29, 1.82) is 0 Å². The maximum absolute atomic E-state index is 13.6. The zero-order valence-electron chi connectivity index (χ0n) is 20.6. The number of amides is 1. The molecule has 0 unspecified atom stereocenters. The molecule has 8 nitrogen and oxygen atoms in total. The molecule has 0 bridgehead atoms. The molecular weight excluding hydrogens is 462 g/mol. The topological polar surface area (TPSA) is 90.5 Å². The number of unbranched alkanes of at least 4 members (excludes halogenated alkanes) is 3. The Kier molecular flexibility index (Phi) is 7.65. The monoisotopic (exact) mass is 493 g/mol. The van der Waals surface area contributed by atoms with E-state index in [-0.39, 0.29) is 17.9 Å². The van der Waals surface area contributed by atoms with Gasteiger partial charge < -0.3 is 10.1 Å². The zero-order chi connectivity index (χ0) is 24.9. The van der Waals surface area contributed by atoms with Gasteiger partial charge in [-0.05, 0) is 38.5 Å². The number of nitrogens with one attached hydrogen (secondary N) is 1. The summed E-state index contributed by atoms with van der Waals surface area (Å²) < 4.78 is 8.80. The number of carbonyl (C=O) groups excluding carboxylic acids is 1. The number of carbonyl (C=O) groups is 1. The fraction of sp³-hybridized carbons (Fsp3) is 0.385. The summed E-state index contributed by atoms with van der Waals surface area (Å²) in [4.78, 5) is 31.4. The molecule has 1 N–H and O–H groups in total.